The second-order valence-corrected chi connectivity index (χ2v) is 2.55. The fourth-order valence-electron chi connectivity index (χ4n) is 0.991. The molecule has 2 N–H and O–H groups in total. The number of methoxy groups -OCH3 is 1. The highest BCUT2D eigenvalue weighted by Crippen LogP contribution is 2.15. The number of alkyl halides is 1. The Balaban J connectivity index is 3.05. The van der Waals surface area contributed by atoms with E-state index < -0.39 is 12.6 Å². The third-order valence-corrected chi connectivity index (χ3v) is 1.68. The Kier molecular flexibility index (Phi) is 2.84. The lowest BCUT2D eigenvalue weighted by atomic mass is 10.1. The fraction of sp³-hybridized carbons (Fsp3) is 0.222. The molecule has 0 atom stereocenters. The molecule has 0 aliphatic carbocycles. The van der Waals surface area contributed by atoms with Gasteiger partial charge in [0.2, 0.25) is 0 Å². The van der Waals surface area contributed by atoms with E-state index >= 15 is 0 Å². The van der Waals surface area contributed by atoms with Crippen molar-refractivity contribution in [2.75, 3.05) is 12.8 Å². The zero-order valence-corrected chi connectivity index (χ0v) is 7.21. The van der Waals surface area contributed by atoms with Crippen LogP contribution >= 0.6 is 0 Å². The molecule has 0 bridgehead atoms. The number of carbonyl (C=O) groups is 1. The number of ether oxygens (including phenoxy) is 1. The van der Waals surface area contributed by atoms with E-state index in [0.717, 1.165) is 0 Å². The van der Waals surface area contributed by atoms with Crippen molar-refractivity contribution < 1.29 is 13.9 Å². The summed E-state index contributed by atoms with van der Waals surface area (Å²) in [6.07, 6.45) is 0. The minimum absolute atomic E-state index is 0.238. The summed E-state index contributed by atoms with van der Waals surface area (Å²) in [6.45, 7) is -0.592. The van der Waals surface area contributed by atoms with Gasteiger partial charge in [0.25, 0.3) is 0 Å². The molecule has 0 radical (unpaired) electrons. The number of nitrogens with two attached hydrogens (primary N) is 1. The van der Waals surface area contributed by atoms with Gasteiger partial charge in [-0.05, 0) is 17.7 Å². The Bertz CT molecular complexity index is 325. The van der Waals surface area contributed by atoms with Gasteiger partial charge in [-0.1, -0.05) is 6.07 Å². The van der Waals surface area contributed by atoms with Crippen LogP contribution in [0.15, 0.2) is 18.2 Å². The molecule has 0 aromatic heterocycles. The molecule has 0 amide bonds. The molecule has 13 heavy (non-hydrogen) atoms. The maximum Gasteiger partial charge on any atom is 0.339 e. The van der Waals surface area contributed by atoms with Gasteiger partial charge in [0.1, 0.15) is 6.67 Å². The van der Waals surface area contributed by atoms with E-state index in [1.165, 1.54) is 25.3 Å². The number of anilines is 1. The van der Waals surface area contributed by atoms with Crippen LogP contribution in [0, 0.1) is 0 Å². The molecule has 0 fully saturated rings. The number of nitrogen functional groups attached to an aromatic ring is 1. The van der Waals surface area contributed by atoms with Crippen LogP contribution in [0.5, 0.6) is 0 Å². The second-order valence-electron chi connectivity index (χ2n) is 2.55. The van der Waals surface area contributed by atoms with Gasteiger partial charge < -0.3 is 10.5 Å². The Morgan fingerprint density at radius 3 is 2.77 bits per heavy atom. The average Bonchev–Trinajstić information content (AvgIpc) is 2.16. The number of benzene rings is 1. The average molecular weight is 183 g/mol. The lowest BCUT2D eigenvalue weighted by Crippen LogP contribution is -2.05. The first-order valence-corrected chi connectivity index (χ1v) is 3.71. The minimum atomic E-state index is -0.592. The van der Waals surface area contributed by atoms with Gasteiger partial charge >= 0.3 is 5.97 Å². The van der Waals surface area contributed by atoms with E-state index in [0.29, 0.717) is 5.56 Å². The molecular weight excluding hydrogens is 173 g/mol. The molecule has 0 aliphatic rings. The van der Waals surface area contributed by atoms with Crippen molar-refractivity contribution in [3.05, 3.63) is 29.3 Å². The summed E-state index contributed by atoms with van der Waals surface area (Å²) in [5.41, 5.74) is 6.46. The number of hydrogen-bond donors (Lipinski definition) is 1. The first-order valence-electron chi connectivity index (χ1n) is 3.71. The van der Waals surface area contributed by atoms with Crippen molar-refractivity contribution in [3.8, 4) is 0 Å². The Hall–Kier alpha value is -1.58. The van der Waals surface area contributed by atoms with Crippen LogP contribution in [0.3, 0.4) is 0 Å². The topological polar surface area (TPSA) is 52.3 Å². The molecule has 1 aromatic carbocycles. The third-order valence-electron chi connectivity index (χ3n) is 1.68. The van der Waals surface area contributed by atoms with Crippen LogP contribution in [0.2, 0.25) is 0 Å². The largest absolute Gasteiger partial charge is 0.465 e. The predicted octanol–water partition coefficient (Wildman–Crippen LogP) is 1.52. The number of hydrogen-bond acceptors (Lipinski definition) is 3. The summed E-state index contributed by atoms with van der Waals surface area (Å²) in [5, 5.41) is 0. The van der Waals surface area contributed by atoms with Crippen molar-refractivity contribution in [1.82, 2.24) is 0 Å². The lowest BCUT2D eigenvalue weighted by Gasteiger charge is -2.04. The zero-order valence-electron chi connectivity index (χ0n) is 7.21. The number of carbonyl (C=O) groups excluding carboxylic acids is 1. The lowest BCUT2D eigenvalue weighted by molar-refractivity contribution is 0.0602. The van der Waals surface area contributed by atoms with Gasteiger partial charge in [-0.25, -0.2) is 9.18 Å². The van der Waals surface area contributed by atoms with E-state index in [1.807, 2.05) is 0 Å². The Morgan fingerprint density at radius 1 is 1.62 bits per heavy atom. The quantitative estimate of drug-likeness (QED) is 0.558. The highest BCUT2D eigenvalue weighted by molar-refractivity contribution is 5.95. The second kappa shape index (κ2) is 3.89. The third kappa shape index (κ3) is 1.96. The molecule has 0 unspecified atom stereocenters. The molecule has 3 nitrogen and oxygen atoms in total. The van der Waals surface area contributed by atoms with Crippen molar-refractivity contribution in [3.63, 3.8) is 0 Å². The van der Waals surface area contributed by atoms with Crippen LogP contribution in [0.1, 0.15) is 15.9 Å². The monoisotopic (exact) mass is 183 g/mol. The first-order chi connectivity index (χ1) is 6.19. The number of esters is 1. The highest BCUT2D eigenvalue weighted by Gasteiger charge is 2.09. The van der Waals surface area contributed by atoms with Crippen molar-refractivity contribution >= 4 is 11.7 Å². The van der Waals surface area contributed by atoms with E-state index in [9.17, 15) is 9.18 Å². The molecule has 0 saturated carbocycles. The van der Waals surface area contributed by atoms with Crippen molar-refractivity contribution in [2.24, 2.45) is 0 Å². The maximum atomic E-state index is 12.1. The van der Waals surface area contributed by atoms with Crippen LogP contribution in [-0.4, -0.2) is 13.1 Å². The first kappa shape index (κ1) is 9.51. The van der Waals surface area contributed by atoms with Crippen LogP contribution in [-0.2, 0) is 11.4 Å². The van der Waals surface area contributed by atoms with Crippen molar-refractivity contribution in [2.45, 2.75) is 6.67 Å². The van der Waals surface area contributed by atoms with Crippen LogP contribution in [0.25, 0.3) is 0 Å². The summed E-state index contributed by atoms with van der Waals surface area (Å²) in [6, 6.07) is 4.38. The minimum Gasteiger partial charge on any atom is -0.465 e. The Morgan fingerprint density at radius 2 is 2.31 bits per heavy atom. The summed E-state index contributed by atoms with van der Waals surface area (Å²) in [4.78, 5) is 11.0. The fourth-order valence-corrected chi connectivity index (χ4v) is 0.991. The van der Waals surface area contributed by atoms with Crippen LogP contribution < -0.4 is 5.73 Å². The van der Waals surface area contributed by atoms with E-state index in [1.54, 1.807) is 0 Å². The van der Waals surface area contributed by atoms with E-state index in [-0.39, 0.29) is 11.3 Å². The van der Waals surface area contributed by atoms with Gasteiger partial charge in [-0.15, -0.1) is 0 Å². The predicted molar refractivity (Wildman–Crippen MR) is 47.0 cm³/mol. The summed E-state index contributed by atoms with van der Waals surface area (Å²) in [7, 11) is 1.27. The normalized spacial score (nSPS) is 9.69. The Labute approximate surface area is 75.3 Å². The number of halogens is 1. The van der Waals surface area contributed by atoms with Gasteiger partial charge in [-0.3, -0.25) is 0 Å². The zero-order chi connectivity index (χ0) is 9.84. The molecule has 0 heterocycles. The number of rotatable bonds is 2. The molecule has 0 spiro atoms. The molecular formula is C9H10FNO2. The summed E-state index contributed by atoms with van der Waals surface area (Å²) >= 11 is 0. The van der Waals surface area contributed by atoms with E-state index in [4.69, 9.17) is 5.73 Å². The summed E-state index contributed by atoms with van der Waals surface area (Å²) < 4.78 is 16.6. The molecule has 0 aliphatic heterocycles. The molecule has 4 heteroatoms. The molecule has 1 aromatic rings. The standard InChI is InChI=1S/C9H10FNO2/c1-13-9(12)7-3-2-6(5-10)4-8(7)11/h2-4H,5,11H2,1H3. The molecule has 0 saturated heterocycles. The van der Waals surface area contributed by atoms with Gasteiger partial charge in [0, 0.05) is 5.69 Å². The van der Waals surface area contributed by atoms with Crippen LogP contribution in [0.4, 0.5) is 10.1 Å². The van der Waals surface area contributed by atoms with Gasteiger partial charge in [0.15, 0.2) is 0 Å². The van der Waals surface area contributed by atoms with E-state index in [2.05, 4.69) is 4.74 Å². The smallest absolute Gasteiger partial charge is 0.339 e. The van der Waals surface area contributed by atoms with Gasteiger partial charge in [-0.2, -0.15) is 0 Å². The molecule has 70 valence electrons. The summed E-state index contributed by atoms with van der Waals surface area (Å²) in [5.74, 6) is -0.511. The highest BCUT2D eigenvalue weighted by atomic mass is 19.1. The molecule has 1 rings (SSSR count). The van der Waals surface area contributed by atoms with Crippen molar-refractivity contribution in [1.29, 1.82) is 0 Å². The SMILES string of the molecule is COC(=O)c1ccc(CF)cc1N. The van der Waals surface area contributed by atoms with Gasteiger partial charge in [0.05, 0.1) is 12.7 Å². The maximum absolute atomic E-state index is 12.1.